The van der Waals surface area contributed by atoms with E-state index in [-0.39, 0.29) is 22.8 Å². The van der Waals surface area contributed by atoms with E-state index >= 15 is 0 Å². The topological polar surface area (TPSA) is 84.2 Å². The van der Waals surface area contributed by atoms with Gasteiger partial charge in [0.1, 0.15) is 5.76 Å². The molecule has 0 saturated heterocycles. The van der Waals surface area contributed by atoms with Crippen molar-refractivity contribution in [2.75, 3.05) is 17.6 Å². The van der Waals surface area contributed by atoms with Gasteiger partial charge in [-0.25, -0.2) is 0 Å². The number of nitrogens with zero attached hydrogens (tertiary/aromatic N) is 1. The quantitative estimate of drug-likeness (QED) is 0.681. The highest BCUT2D eigenvalue weighted by Crippen LogP contribution is 2.14. The fourth-order valence-electron chi connectivity index (χ4n) is 1.72. The van der Waals surface area contributed by atoms with Crippen molar-refractivity contribution in [3.63, 3.8) is 0 Å². The molecule has 0 aromatic carbocycles. The molecule has 0 bridgehead atoms. The van der Waals surface area contributed by atoms with E-state index in [1.165, 1.54) is 11.8 Å². The molecule has 1 atom stereocenters. The summed E-state index contributed by atoms with van der Waals surface area (Å²) in [5.41, 5.74) is 0. The van der Waals surface area contributed by atoms with Crippen molar-refractivity contribution in [3.05, 3.63) is 11.8 Å². The first-order chi connectivity index (χ1) is 10.4. The SMILES string of the molecule is Cc1cc(NC(=O)C(C)SCC(=O)NCCCC(C)C)no1. The van der Waals surface area contributed by atoms with Gasteiger partial charge in [-0.15, -0.1) is 11.8 Å². The lowest BCUT2D eigenvalue weighted by Crippen LogP contribution is -2.29. The molecule has 0 fully saturated rings. The summed E-state index contributed by atoms with van der Waals surface area (Å²) in [5.74, 6) is 1.73. The number of carbonyl (C=O) groups excluding carboxylic acids is 2. The molecule has 1 rings (SSSR count). The number of thioether (sulfide) groups is 1. The number of amides is 2. The zero-order valence-electron chi connectivity index (χ0n) is 13.6. The lowest BCUT2D eigenvalue weighted by atomic mass is 10.1. The van der Waals surface area contributed by atoms with Gasteiger partial charge in [0.15, 0.2) is 5.82 Å². The van der Waals surface area contributed by atoms with Crippen molar-refractivity contribution in [3.8, 4) is 0 Å². The number of aromatic nitrogens is 1. The Hall–Kier alpha value is -1.50. The average molecular weight is 327 g/mol. The molecule has 2 N–H and O–H groups in total. The maximum Gasteiger partial charge on any atom is 0.238 e. The van der Waals surface area contributed by atoms with E-state index in [9.17, 15) is 9.59 Å². The van der Waals surface area contributed by atoms with Crippen molar-refractivity contribution in [1.29, 1.82) is 0 Å². The average Bonchev–Trinajstić information content (AvgIpc) is 2.85. The van der Waals surface area contributed by atoms with Crippen LogP contribution in [0.3, 0.4) is 0 Å². The van der Waals surface area contributed by atoms with E-state index in [0.717, 1.165) is 12.8 Å². The molecule has 0 spiro atoms. The van der Waals surface area contributed by atoms with Crippen LogP contribution < -0.4 is 10.6 Å². The molecule has 1 aromatic heterocycles. The van der Waals surface area contributed by atoms with Gasteiger partial charge in [-0.3, -0.25) is 9.59 Å². The Balaban J connectivity index is 2.19. The minimum atomic E-state index is -0.335. The van der Waals surface area contributed by atoms with Gasteiger partial charge in [-0.1, -0.05) is 19.0 Å². The summed E-state index contributed by atoms with van der Waals surface area (Å²) in [5, 5.41) is 8.89. The molecule has 6 nitrogen and oxygen atoms in total. The van der Waals surface area contributed by atoms with Crippen LogP contribution >= 0.6 is 11.8 Å². The van der Waals surface area contributed by atoms with E-state index in [0.29, 0.717) is 24.0 Å². The molecule has 124 valence electrons. The number of nitrogens with one attached hydrogen (secondary N) is 2. The summed E-state index contributed by atoms with van der Waals surface area (Å²) in [6.45, 7) is 8.53. The van der Waals surface area contributed by atoms with Crippen LogP contribution in [0.2, 0.25) is 0 Å². The van der Waals surface area contributed by atoms with Crippen LogP contribution in [-0.2, 0) is 9.59 Å². The van der Waals surface area contributed by atoms with Crippen LogP contribution in [-0.4, -0.2) is 34.5 Å². The first-order valence-electron chi connectivity index (χ1n) is 7.51. The Bertz CT molecular complexity index is 488. The molecule has 1 heterocycles. The van der Waals surface area contributed by atoms with Crippen molar-refractivity contribution >= 4 is 29.4 Å². The van der Waals surface area contributed by atoms with Gasteiger partial charge in [0, 0.05) is 12.6 Å². The first-order valence-corrected chi connectivity index (χ1v) is 8.56. The predicted molar refractivity (Wildman–Crippen MR) is 88.9 cm³/mol. The number of hydrogen-bond acceptors (Lipinski definition) is 5. The van der Waals surface area contributed by atoms with E-state index in [1.807, 2.05) is 0 Å². The summed E-state index contributed by atoms with van der Waals surface area (Å²) in [7, 11) is 0. The molecule has 1 aromatic rings. The zero-order chi connectivity index (χ0) is 16.5. The lowest BCUT2D eigenvalue weighted by Gasteiger charge is -2.11. The van der Waals surface area contributed by atoms with Gasteiger partial charge in [-0.2, -0.15) is 0 Å². The Labute approximate surface area is 135 Å². The third-order valence-electron chi connectivity index (χ3n) is 2.99. The van der Waals surface area contributed by atoms with Crippen LogP contribution in [0.4, 0.5) is 5.82 Å². The maximum atomic E-state index is 11.9. The van der Waals surface area contributed by atoms with Crippen LogP contribution in [0.5, 0.6) is 0 Å². The summed E-state index contributed by atoms with van der Waals surface area (Å²) in [6, 6.07) is 1.65. The second-order valence-electron chi connectivity index (χ2n) is 5.65. The number of anilines is 1. The second-order valence-corrected chi connectivity index (χ2v) is 6.98. The number of aryl methyl sites for hydroxylation is 1. The Morgan fingerprint density at radius 3 is 2.68 bits per heavy atom. The molecule has 0 aliphatic heterocycles. The molecule has 0 radical (unpaired) electrons. The third kappa shape index (κ3) is 7.49. The molecule has 0 aliphatic carbocycles. The van der Waals surface area contributed by atoms with Crippen LogP contribution in [0.1, 0.15) is 39.4 Å². The number of carbonyl (C=O) groups is 2. The van der Waals surface area contributed by atoms with E-state index < -0.39 is 0 Å². The van der Waals surface area contributed by atoms with Gasteiger partial charge in [0.2, 0.25) is 11.8 Å². The Morgan fingerprint density at radius 1 is 1.36 bits per heavy atom. The molecule has 22 heavy (non-hydrogen) atoms. The predicted octanol–water partition coefficient (Wildman–Crippen LogP) is 2.60. The number of rotatable bonds is 9. The highest BCUT2D eigenvalue weighted by Gasteiger charge is 2.16. The minimum Gasteiger partial charge on any atom is -0.360 e. The Morgan fingerprint density at radius 2 is 2.09 bits per heavy atom. The summed E-state index contributed by atoms with van der Waals surface area (Å²) < 4.78 is 4.88. The molecule has 0 aliphatic rings. The van der Waals surface area contributed by atoms with Crippen LogP contribution in [0.25, 0.3) is 0 Å². The molecule has 2 amide bonds. The van der Waals surface area contributed by atoms with Crippen LogP contribution in [0.15, 0.2) is 10.6 Å². The minimum absolute atomic E-state index is 0.0364. The van der Waals surface area contributed by atoms with Crippen LogP contribution in [0, 0.1) is 12.8 Å². The second kappa shape index (κ2) is 9.50. The highest BCUT2D eigenvalue weighted by molar-refractivity contribution is 8.01. The molecule has 0 saturated carbocycles. The largest absolute Gasteiger partial charge is 0.360 e. The van der Waals surface area contributed by atoms with Crippen molar-refractivity contribution in [2.45, 2.75) is 45.8 Å². The summed E-state index contributed by atoms with van der Waals surface area (Å²) in [6.07, 6.45) is 2.08. The fourth-order valence-corrected chi connectivity index (χ4v) is 2.43. The monoisotopic (exact) mass is 327 g/mol. The first kappa shape index (κ1) is 18.5. The normalized spacial score (nSPS) is 12.2. The van der Waals surface area contributed by atoms with E-state index in [2.05, 4.69) is 29.6 Å². The van der Waals surface area contributed by atoms with E-state index in [1.54, 1.807) is 19.9 Å². The maximum absolute atomic E-state index is 11.9. The third-order valence-corrected chi connectivity index (χ3v) is 4.14. The number of hydrogen-bond donors (Lipinski definition) is 2. The lowest BCUT2D eigenvalue weighted by molar-refractivity contribution is -0.118. The van der Waals surface area contributed by atoms with Gasteiger partial charge in [-0.05, 0) is 32.6 Å². The zero-order valence-corrected chi connectivity index (χ0v) is 14.5. The van der Waals surface area contributed by atoms with Gasteiger partial charge in [0.25, 0.3) is 0 Å². The summed E-state index contributed by atoms with van der Waals surface area (Å²) in [4.78, 5) is 23.6. The standard InChI is InChI=1S/C15H25N3O3S/c1-10(2)6-5-7-16-14(19)9-22-12(4)15(20)17-13-8-11(3)21-18-13/h8,10,12H,5-7,9H2,1-4H3,(H,16,19)(H,17,18,20). The van der Waals surface area contributed by atoms with Gasteiger partial charge in [0.05, 0.1) is 11.0 Å². The smallest absolute Gasteiger partial charge is 0.238 e. The summed E-state index contributed by atoms with van der Waals surface area (Å²) >= 11 is 1.30. The molecule has 7 heteroatoms. The van der Waals surface area contributed by atoms with Gasteiger partial charge >= 0.3 is 0 Å². The highest BCUT2D eigenvalue weighted by atomic mass is 32.2. The Kier molecular flexibility index (Phi) is 8.01. The van der Waals surface area contributed by atoms with Crippen molar-refractivity contribution in [2.24, 2.45) is 5.92 Å². The fraction of sp³-hybridized carbons (Fsp3) is 0.667. The van der Waals surface area contributed by atoms with Gasteiger partial charge < -0.3 is 15.2 Å². The van der Waals surface area contributed by atoms with E-state index in [4.69, 9.17) is 4.52 Å². The van der Waals surface area contributed by atoms with Crippen molar-refractivity contribution < 1.29 is 14.1 Å². The molecule has 1 unspecified atom stereocenters. The van der Waals surface area contributed by atoms with Crippen molar-refractivity contribution in [1.82, 2.24) is 10.5 Å². The molecular weight excluding hydrogens is 302 g/mol. The molecular formula is C15H25N3O3S.